The molecule has 0 saturated carbocycles. The van der Waals surface area contributed by atoms with Gasteiger partial charge in [-0.1, -0.05) is 167 Å². The molecule has 4 nitrogen and oxygen atoms in total. The molecule has 0 fully saturated rings. The van der Waals surface area contributed by atoms with Crippen molar-refractivity contribution < 1.29 is 26.2 Å². The number of pyridine rings is 1. The van der Waals surface area contributed by atoms with Crippen LogP contribution in [0, 0.1) is 6.07 Å². The number of fused-ring (bicyclic) bond motifs is 1. The number of hydrogen-bond acceptors (Lipinski definition) is 3. The quantitative estimate of drug-likeness (QED) is 0.175. The Bertz CT molecular complexity index is 2520. The normalized spacial score (nSPS) is 12.5. The first-order chi connectivity index (χ1) is 26.2. The van der Waals surface area contributed by atoms with Crippen LogP contribution < -0.4 is 0 Å². The molecule has 0 radical (unpaired) electrons. The number of aromatic nitrogens is 3. The second-order valence-corrected chi connectivity index (χ2v) is 19.4. The maximum atomic E-state index is 12.2. The number of rotatable bonds is 5. The van der Waals surface area contributed by atoms with Gasteiger partial charge in [0.2, 0.25) is 0 Å². The third kappa shape index (κ3) is 8.44. The molecular weight excluding hydrogens is 878 g/mol. The Hall–Kier alpha value is -4.79. The van der Waals surface area contributed by atoms with Crippen molar-refractivity contribution in [3.63, 3.8) is 0 Å². The Morgan fingerprint density at radius 3 is 1.70 bits per heavy atom. The first-order valence-electron chi connectivity index (χ1n) is 19.8. The molecule has 1 N–H and O–H groups in total. The smallest absolute Gasteiger partial charge is 0.148 e. The van der Waals surface area contributed by atoms with Crippen molar-refractivity contribution in [2.24, 2.45) is 0 Å². The van der Waals surface area contributed by atoms with Crippen LogP contribution in [0.15, 0.2) is 115 Å². The van der Waals surface area contributed by atoms with Crippen LogP contribution in [0.1, 0.15) is 105 Å². The number of imidazole rings is 1. The van der Waals surface area contributed by atoms with Crippen LogP contribution in [0.3, 0.4) is 0 Å². The fourth-order valence-corrected chi connectivity index (χ4v) is 7.35. The molecular formula is C52H56N3OPt-. The summed E-state index contributed by atoms with van der Waals surface area (Å²) in [4.78, 5) is 10.3. The Morgan fingerprint density at radius 1 is 0.544 bits per heavy atom. The third-order valence-electron chi connectivity index (χ3n) is 10.8. The SMILES string of the molecule is CC(C)(C)c1cc(-c2cc(-c3ccccn3)[c-]c(-c3cccc4c3nc(-c3cc(C(C)(C)C)cc(C(C)(C)C)c3O)n4-c3ccccc3)c2)cc(C(C)(C)C)c1.[Pt]. The first-order valence-corrected chi connectivity index (χ1v) is 19.8. The summed E-state index contributed by atoms with van der Waals surface area (Å²) in [5.74, 6) is 0.959. The molecule has 0 bridgehead atoms. The van der Waals surface area contributed by atoms with Gasteiger partial charge in [-0.3, -0.25) is 9.55 Å². The summed E-state index contributed by atoms with van der Waals surface area (Å²) >= 11 is 0. The van der Waals surface area contributed by atoms with E-state index in [-0.39, 0.29) is 48.5 Å². The molecule has 0 saturated heterocycles. The predicted molar refractivity (Wildman–Crippen MR) is 236 cm³/mol. The van der Waals surface area contributed by atoms with Crippen molar-refractivity contribution in [3.8, 4) is 56.3 Å². The molecule has 7 rings (SSSR count). The average Bonchev–Trinajstić information content (AvgIpc) is 3.53. The van der Waals surface area contributed by atoms with Crippen molar-refractivity contribution in [2.75, 3.05) is 0 Å². The van der Waals surface area contributed by atoms with E-state index < -0.39 is 0 Å². The summed E-state index contributed by atoms with van der Waals surface area (Å²) in [6.45, 7) is 26.8. The van der Waals surface area contributed by atoms with E-state index in [0.717, 1.165) is 61.4 Å². The van der Waals surface area contributed by atoms with Crippen LogP contribution in [0.4, 0.5) is 0 Å². The summed E-state index contributed by atoms with van der Waals surface area (Å²) in [6, 6.07) is 42.4. The summed E-state index contributed by atoms with van der Waals surface area (Å²) in [5.41, 5.74) is 13.6. The van der Waals surface area contributed by atoms with Gasteiger partial charge in [-0.15, -0.1) is 23.8 Å². The van der Waals surface area contributed by atoms with E-state index in [0.29, 0.717) is 11.4 Å². The van der Waals surface area contributed by atoms with Gasteiger partial charge in [-0.2, -0.15) is 0 Å². The van der Waals surface area contributed by atoms with Crippen LogP contribution in [-0.4, -0.2) is 19.6 Å². The number of para-hydroxylation sites is 2. The van der Waals surface area contributed by atoms with Crippen LogP contribution in [0.2, 0.25) is 0 Å². The van der Waals surface area contributed by atoms with Crippen molar-refractivity contribution >= 4 is 11.0 Å². The molecule has 296 valence electrons. The van der Waals surface area contributed by atoms with Gasteiger partial charge >= 0.3 is 0 Å². The zero-order valence-electron chi connectivity index (χ0n) is 35.6. The summed E-state index contributed by atoms with van der Waals surface area (Å²) in [5, 5.41) is 12.2. The zero-order chi connectivity index (χ0) is 40.4. The zero-order valence-corrected chi connectivity index (χ0v) is 37.8. The molecule has 7 aromatic rings. The molecule has 5 heteroatoms. The van der Waals surface area contributed by atoms with E-state index in [1.807, 2.05) is 30.5 Å². The van der Waals surface area contributed by atoms with Gasteiger partial charge < -0.3 is 5.11 Å². The Balaban J connectivity index is 0.00000549. The van der Waals surface area contributed by atoms with E-state index in [2.05, 4.69) is 179 Å². The largest absolute Gasteiger partial charge is 0.507 e. The van der Waals surface area contributed by atoms with Gasteiger partial charge in [-0.25, -0.2) is 4.98 Å². The van der Waals surface area contributed by atoms with Crippen LogP contribution in [0.25, 0.3) is 61.6 Å². The number of benzene rings is 5. The minimum atomic E-state index is -0.288. The second kappa shape index (κ2) is 15.2. The van der Waals surface area contributed by atoms with E-state index in [1.54, 1.807) is 0 Å². The number of nitrogens with zero attached hydrogens (tertiary/aromatic N) is 3. The van der Waals surface area contributed by atoms with Crippen LogP contribution in [-0.2, 0) is 42.7 Å². The molecule has 2 heterocycles. The molecule has 5 aromatic carbocycles. The van der Waals surface area contributed by atoms with Crippen molar-refractivity contribution in [3.05, 3.63) is 144 Å². The minimum Gasteiger partial charge on any atom is -0.507 e. The minimum absolute atomic E-state index is 0. The van der Waals surface area contributed by atoms with Crippen LogP contribution >= 0.6 is 0 Å². The summed E-state index contributed by atoms with van der Waals surface area (Å²) < 4.78 is 2.19. The van der Waals surface area contributed by atoms with Gasteiger partial charge in [0.05, 0.1) is 16.6 Å². The summed E-state index contributed by atoms with van der Waals surface area (Å²) in [6.07, 6.45) is 1.84. The average molecular weight is 934 g/mol. The standard InChI is InChI=1S/C52H56N3O.Pt/c1-49(2,3)37-28-34(29-38(30-37)50(4,5)6)33-25-35(27-36(26-33)44-22-16-17-24-53-44)41-21-18-23-45-46(41)54-48(55(45)40-19-14-13-15-20-40)42-31-39(51(7,8)9)32-43(47(42)56)52(10,11)12;/h13-26,28-32,56H,1-12H3;/q-1;. The molecule has 0 spiro atoms. The third-order valence-corrected chi connectivity index (χ3v) is 10.8. The topological polar surface area (TPSA) is 50.9 Å². The fourth-order valence-electron chi connectivity index (χ4n) is 7.35. The van der Waals surface area contributed by atoms with E-state index in [1.165, 1.54) is 11.1 Å². The van der Waals surface area contributed by atoms with Gasteiger partial charge in [0.15, 0.2) is 0 Å². The van der Waals surface area contributed by atoms with Gasteiger partial charge in [0.1, 0.15) is 11.6 Å². The first kappa shape index (κ1) is 41.8. The van der Waals surface area contributed by atoms with E-state index in [4.69, 9.17) is 9.97 Å². The van der Waals surface area contributed by atoms with Crippen LogP contribution in [0.5, 0.6) is 5.75 Å². The molecule has 0 atom stereocenters. The Morgan fingerprint density at radius 2 is 1.12 bits per heavy atom. The van der Waals surface area contributed by atoms with Gasteiger partial charge in [-0.05, 0) is 74.2 Å². The van der Waals surface area contributed by atoms with Gasteiger partial charge in [0, 0.05) is 44.2 Å². The van der Waals surface area contributed by atoms with Crippen molar-refractivity contribution in [1.29, 1.82) is 0 Å². The Labute approximate surface area is 354 Å². The fraction of sp³-hybridized carbons (Fsp3) is 0.308. The summed E-state index contributed by atoms with van der Waals surface area (Å²) in [7, 11) is 0. The second-order valence-electron chi connectivity index (χ2n) is 19.4. The molecule has 0 unspecified atom stereocenters. The molecule has 0 amide bonds. The Kier molecular flexibility index (Phi) is 11.1. The monoisotopic (exact) mass is 933 g/mol. The maximum Gasteiger partial charge on any atom is 0.148 e. The molecule has 57 heavy (non-hydrogen) atoms. The number of aromatic hydroxyl groups is 1. The van der Waals surface area contributed by atoms with E-state index in [9.17, 15) is 5.11 Å². The molecule has 2 aromatic heterocycles. The van der Waals surface area contributed by atoms with Gasteiger partial charge in [0.25, 0.3) is 0 Å². The predicted octanol–water partition coefficient (Wildman–Crippen LogP) is 13.8. The van der Waals surface area contributed by atoms with E-state index >= 15 is 0 Å². The molecule has 0 aliphatic rings. The molecule has 0 aliphatic carbocycles. The number of phenolic OH excluding ortho intramolecular Hbond substituents is 1. The van der Waals surface area contributed by atoms with Crippen molar-refractivity contribution in [1.82, 2.24) is 14.5 Å². The van der Waals surface area contributed by atoms with Crippen molar-refractivity contribution in [2.45, 2.75) is 105 Å². The number of phenols is 1. The number of hydrogen-bond donors (Lipinski definition) is 1. The maximum absolute atomic E-state index is 12.2. The molecule has 0 aliphatic heterocycles.